The molecule has 1 unspecified atom stereocenters. The van der Waals surface area contributed by atoms with Crippen molar-refractivity contribution in [2.75, 3.05) is 0 Å². The van der Waals surface area contributed by atoms with Crippen molar-refractivity contribution < 1.29 is 0 Å². The van der Waals surface area contributed by atoms with Gasteiger partial charge in [0.25, 0.3) is 0 Å². The van der Waals surface area contributed by atoms with Gasteiger partial charge in [0.2, 0.25) is 0 Å². The third-order valence-corrected chi connectivity index (χ3v) is 4.28. The third kappa shape index (κ3) is 3.92. The number of nitrogens with zero attached hydrogens (tertiary/aromatic N) is 1. The van der Waals surface area contributed by atoms with Crippen LogP contribution in [-0.4, -0.2) is 0 Å². The van der Waals surface area contributed by atoms with Gasteiger partial charge in [-0.2, -0.15) is 5.26 Å². The van der Waals surface area contributed by atoms with Crippen LogP contribution in [0.3, 0.4) is 0 Å². The lowest BCUT2D eigenvalue weighted by Gasteiger charge is -2.16. The Balaban J connectivity index is 2.04. The van der Waals surface area contributed by atoms with Crippen molar-refractivity contribution in [1.29, 1.82) is 5.26 Å². The van der Waals surface area contributed by atoms with Crippen molar-refractivity contribution in [3.8, 4) is 6.07 Å². The summed E-state index contributed by atoms with van der Waals surface area (Å²) in [6.45, 7) is 2.86. The van der Waals surface area contributed by atoms with Crippen LogP contribution in [0.5, 0.6) is 0 Å². The molecule has 0 saturated carbocycles. The lowest BCUT2D eigenvalue weighted by atomic mass is 10.1. The van der Waals surface area contributed by atoms with Gasteiger partial charge in [-0.3, -0.25) is 0 Å². The Morgan fingerprint density at radius 1 is 1.20 bits per heavy atom. The van der Waals surface area contributed by atoms with E-state index in [1.165, 1.54) is 5.56 Å². The minimum absolute atomic E-state index is 0.225. The van der Waals surface area contributed by atoms with Crippen LogP contribution >= 0.6 is 31.9 Å². The lowest BCUT2D eigenvalue weighted by Crippen LogP contribution is -2.18. The molecule has 1 N–H and O–H groups in total. The average Bonchev–Trinajstić information content (AvgIpc) is 2.45. The first-order valence-electron chi connectivity index (χ1n) is 6.27. The summed E-state index contributed by atoms with van der Waals surface area (Å²) >= 11 is 7.04. The molecule has 0 fully saturated rings. The number of hydrogen-bond donors (Lipinski definition) is 1. The van der Waals surface area contributed by atoms with Gasteiger partial charge in [-0.05, 0) is 42.3 Å². The van der Waals surface area contributed by atoms with Crippen molar-refractivity contribution in [3.05, 3.63) is 68.1 Å². The summed E-state index contributed by atoms with van der Waals surface area (Å²) in [6.07, 6.45) is 0. The van der Waals surface area contributed by atoms with Gasteiger partial charge in [0, 0.05) is 21.5 Å². The summed E-state index contributed by atoms with van der Waals surface area (Å²) in [5.41, 5.74) is 3.02. The molecule has 20 heavy (non-hydrogen) atoms. The van der Waals surface area contributed by atoms with Crippen LogP contribution in [0.2, 0.25) is 0 Å². The highest BCUT2D eigenvalue weighted by molar-refractivity contribution is 9.11. The van der Waals surface area contributed by atoms with Crippen LogP contribution in [0, 0.1) is 11.3 Å². The maximum Gasteiger partial charge on any atom is 0.0991 e. The van der Waals surface area contributed by atoms with Crippen LogP contribution < -0.4 is 5.32 Å². The minimum atomic E-state index is 0.225. The molecule has 0 amide bonds. The molecular formula is C16H14Br2N2. The molecule has 0 aliphatic carbocycles. The molecule has 2 nitrogen and oxygen atoms in total. The fraction of sp³-hybridized carbons (Fsp3) is 0.188. The molecule has 2 aromatic rings. The largest absolute Gasteiger partial charge is 0.306 e. The Bertz CT molecular complexity index is 647. The predicted octanol–water partition coefficient (Wildman–Crippen LogP) is 4.93. The van der Waals surface area contributed by atoms with Crippen molar-refractivity contribution in [1.82, 2.24) is 5.32 Å². The van der Waals surface area contributed by atoms with E-state index in [1.54, 1.807) is 0 Å². The smallest absolute Gasteiger partial charge is 0.0991 e. The van der Waals surface area contributed by atoms with Crippen LogP contribution in [0.1, 0.15) is 29.7 Å². The normalized spacial score (nSPS) is 11.9. The molecule has 102 valence electrons. The summed E-state index contributed by atoms with van der Waals surface area (Å²) in [4.78, 5) is 0. The number of nitriles is 1. The summed E-state index contributed by atoms with van der Waals surface area (Å²) in [5, 5.41) is 12.4. The molecule has 2 rings (SSSR count). The van der Waals surface area contributed by atoms with Crippen molar-refractivity contribution >= 4 is 31.9 Å². The average molecular weight is 394 g/mol. The van der Waals surface area contributed by atoms with E-state index in [4.69, 9.17) is 5.26 Å². The molecule has 0 spiro atoms. The van der Waals surface area contributed by atoms with Gasteiger partial charge in [-0.25, -0.2) is 0 Å². The van der Waals surface area contributed by atoms with Gasteiger partial charge in [0.15, 0.2) is 0 Å². The van der Waals surface area contributed by atoms with Gasteiger partial charge in [-0.1, -0.05) is 50.1 Å². The molecule has 0 heterocycles. The molecule has 0 aliphatic rings. The Labute approximate surface area is 136 Å². The molecule has 0 bridgehead atoms. The molecule has 0 aromatic heterocycles. The monoisotopic (exact) mass is 392 g/mol. The van der Waals surface area contributed by atoms with Crippen LogP contribution in [0.15, 0.2) is 51.4 Å². The third-order valence-electron chi connectivity index (χ3n) is 3.10. The first-order valence-corrected chi connectivity index (χ1v) is 7.86. The molecule has 0 aliphatic heterocycles. The number of halogens is 2. The van der Waals surface area contributed by atoms with Gasteiger partial charge >= 0.3 is 0 Å². The van der Waals surface area contributed by atoms with Crippen molar-refractivity contribution in [2.45, 2.75) is 19.5 Å². The van der Waals surface area contributed by atoms with Gasteiger partial charge in [0.1, 0.15) is 0 Å². The first kappa shape index (κ1) is 15.2. The van der Waals surface area contributed by atoms with Gasteiger partial charge in [0.05, 0.1) is 11.6 Å². The summed E-state index contributed by atoms with van der Waals surface area (Å²) < 4.78 is 2.14. The molecule has 4 heteroatoms. The minimum Gasteiger partial charge on any atom is -0.306 e. The van der Waals surface area contributed by atoms with Crippen molar-refractivity contribution in [2.24, 2.45) is 0 Å². The highest BCUT2D eigenvalue weighted by atomic mass is 79.9. The number of benzene rings is 2. The van der Waals surface area contributed by atoms with E-state index in [9.17, 15) is 0 Å². The highest BCUT2D eigenvalue weighted by Gasteiger charge is 2.09. The van der Waals surface area contributed by atoms with E-state index in [0.717, 1.165) is 21.1 Å². The number of rotatable bonds is 4. The zero-order valence-corrected chi connectivity index (χ0v) is 14.2. The van der Waals surface area contributed by atoms with Crippen molar-refractivity contribution in [3.63, 3.8) is 0 Å². The van der Waals surface area contributed by atoms with Crippen LogP contribution in [0.25, 0.3) is 0 Å². The van der Waals surface area contributed by atoms with Crippen LogP contribution in [-0.2, 0) is 6.54 Å². The maximum atomic E-state index is 8.90. The second kappa shape index (κ2) is 7.03. The Hall–Kier alpha value is -1.15. The fourth-order valence-electron chi connectivity index (χ4n) is 1.98. The molecule has 0 radical (unpaired) electrons. The maximum absolute atomic E-state index is 8.90. The van der Waals surface area contributed by atoms with E-state index < -0.39 is 0 Å². The SMILES string of the molecule is CC(NCc1cccc(C#N)c1)c1ccc(Br)cc1Br. The number of hydrogen-bond acceptors (Lipinski definition) is 2. The van der Waals surface area contributed by atoms with E-state index in [-0.39, 0.29) is 6.04 Å². The first-order chi connectivity index (χ1) is 9.60. The Morgan fingerprint density at radius 2 is 2.00 bits per heavy atom. The van der Waals surface area contributed by atoms with E-state index >= 15 is 0 Å². The fourth-order valence-corrected chi connectivity index (χ4v) is 3.37. The van der Waals surface area contributed by atoms with Gasteiger partial charge in [-0.15, -0.1) is 0 Å². The topological polar surface area (TPSA) is 35.8 Å². The summed E-state index contributed by atoms with van der Waals surface area (Å²) in [6, 6.07) is 16.2. The summed E-state index contributed by atoms with van der Waals surface area (Å²) in [5.74, 6) is 0. The van der Waals surface area contributed by atoms with E-state index in [0.29, 0.717) is 5.56 Å². The second-order valence-corrected chi connectivity index (χ2v) is 6.35. The molecule has 0 saturated heterocycles. The Kier molecular flexibility index (Phi) is 5.36. The summed E-state index contributed by atoms with van der Waals surface area (Å²) in [7, 11) is 0. The molecule has 2 aromatic carbocycles. The zero-order valence-electron chi connectivity index (χ0n) is 11.0. The zero-order chi connectivity index (χ0) is 14.5. The van der Waals surface area contributed by atoms with Gasteiger partial charge < -0.3 is 5.32 Å². The lowest BCUT2D eigenvalue weighted by molar-refractivity contribution is 0.572. The predicted molar refractivity (Wildman–Crippen MR) is 88.3 cm³/mol. The van der Waals surface area contributed by atoms with Crippen LogP contribution in [0.4, 0.5) is 0 Å². The second-order valence-electron chi connectivity index (χ2n) is 4.58. The quantitative estimate of drug-likeness (QED) is 0.798. The standard InChI is InChI=1S/C16H14Br2N2/c1-11(15-6-5-14(17)8-16(15)18)20-10-13-4-2-3-12(7-13)9-19/h2-8,11,20H,10H2,1H3. The van der Waals surface area contributed by atoms with E-state index in [1.807, 2.05) is 36.4 Å². The van der Waals surface area contributed by atoms with E-state index in [2.05, 4.69) is 56.2 Å². The number of nitrogens with one attached hydrogen (secondary N) is 1. The Morgan fingerprint density at radius 3 is 2.70 bits per heavy atom. The molecular weight excluding hydrogens is 380 g/mol. The highest BCUT2D eigenvalue weighted by Crippen LogP contribution is 2.26. The molecule has 1 atom stereocenters.